The van der Waals surface area contributed by atoms with Gasteiger partial charge in [0.2, 0.25) is 0 Å². The van der Waals surface area contributed by atoms with Crippen LogP contribution >= 0.6 is 19.2 Å². The molecular weight excluding hydrogens is 281 g/mol. The van der Waals surface area contributed by atoms with E-state index in [1.54, 1.807) is 0 Å². The molecule has 0 bridgehead atoms. The predicted molar refractivity (Wildman–Crippen MR) is 65.4 cm³/mol. The number of nitrogens with two attached hydrogens (primary N) is 1. The van der Waals surface area contributed by atoms with Gasteiger partial charge in [-0.05, 0) is 17.7 Å². The van der Waals surface area contributed by atoms with Crippen LogP contribution in [0.4, 0.5) is 0 Å². The van der Waals surface area contributed by atoms with E-state index >= 15 is 0 Å². The number of carbonyl (C=O) groups is 1. The molecule has 1 heterocycles. The van der Waals surface area contributed by atoms with Crippen molar-refractivity contribution in [3.63, 3.8) is 0 Å². The maximum Gasteiger partial charge on any atom is 0.329 e. The quantitative estimate of drug-likeness (QED) is 0.626. The summed E-state index contributed by atoms with van der Waals surface area (Å²) in [7, 11) is -4.25. The van der Waals surface area contributed by atoms with Crippen molar-refractivity contribution in [3.05, 3.63) is 28.5 Å². The van der Waals surface area contributed by atoms with Crippen LogP contribution in [0.2, 0.25) is 5.02 Å². The van der Waals surface area contributed by atoms with Gasteiger partial charge in [0.05, 0.1) is 17.2 Å². The fourth-order valence-electron chi connectivity index (χ4n) is 1.61. The van der Waals surface area contributed by atoms with Crippen LogP contribution in [-0.4, -0.2) is 25.7 Å². The zero-order valence-electron chi connectivity index (χ0n) is 8.92. The van der Waals surface area contributed by atoms with E-state index in [1.807, 2.05) is 0 Å². The molecule has 0 spiro atoms. The molecule has 0 radical (unpaired) electrons. The molecular formula is C9H9ClN3O4P. The van der Waals surface area contributed by atoms with E-state index in [9.17, 15) is 9.36 Å². The summed E-state index contributed by atoms with van der Waals surface area (Å²) in [6.07, 6.45) is -0.507. The number of fused-ring (bicyclic) bond motifs is 1. The lowest BCUT2D eigenvalue weighted by Gasteiger charge is -2.05. The average Bonchev–Trinajstić information content (AvgIpc) is 2.58. The first-order valence-electron chi connectivity index (χ1n) is 4.79. The monoisotopic (exact) mass is 289 g/mol. The van der Waals surface area contributed by atoms with Gasteiger partial charge in [0.25, 0.3) is 5.91 Å². The van der Waals surface area contributed by atoms with E-state index in [-0.39, 0.29) is 21.9 Å². The van der Waals surface area contributed by atoms with Crippen molar-refractivity contribution in [1.82, 2.24) is 9.97 Å². The van der Waals surface area contributed by atoms with Gasteiger partial charge < -0.3 is 20.5 Å². The summed E-state index contributed by atoms with van der Waals surface area (Å²) in [5, 5.41) is 0.283. The number of hydrogen-bond acceptors (Lipinski definition) is 3. The van der Waals surface area contributed by atoms with Gasteiger partial charge in [0.15, 0.2) is 5.82 Å². The van der Waals surface area contributed by atoms with Gasteiger partial charge in [-0.15, -0.1) is 0 Å². The van der Waals surface area contributed by atoms with Gasteiger partial charge in [0, 0.05) is 5.02 Å². The minimum atomic E-state index is -4.25. The zero-order valence-corrected chi connectivity index (χ0v) is 10.6. The van der Waals surface area contributed by atoms with Crippen molar-refractivity contribution in [1.29, 1.82) is 0 Å². The van der Waals surface area contributed by atoms with Crippen molar-refractivity contribution >= 4 is 36.1 Å². The van der Waals surface area contributed by atoms with Crippen molar-refractivity contribution in [3.8, 4) is 0 Å². The van der Waals surface area contributed by atoms with Crippen LogP contribution in [0.1, 0.15) is 16.2 Å². The lowest BCUT2D eigenvalue weighted by atomic mass is 10.2. The SMILES string of the molecule is NC(=O)c1nc2c(CP(=O)(O)O)cc(Cl)cc2[nH]1. The van der Waals surface area contributed by atoms with Gasteiger partial charge in [0.1, 0.15) is 0 Å². The van der Waals surface area contributed by atoms with Crippen LogP contribution in [0.5, 0.6) is 0 Å². The molecule has 1 amide bonds. The van der Waals surface area contributed by atoms with Gasteiger partial charge in [-0.25, -0.2) is 4.98 Å². The summed E-state index contributed by atoms with van der Waals surface area (Å²) in [4.78, 5) is 35.5. The van der Waals surface area contributed by atoms with Gasteiger partial charge in [-0.1, -0.05) is 11.6 Å². The molecule has 1 aromatic carbocycles. The minimum Gasteiger partial charge on any atom is -0.363 e. The van der Waals surface area contributed by atoms with E-state index in [0.29, 0.717) is 5.52 Å². The summed E-state index contributed by atoms with van der Waals surface area (Å²) in [6, 6.07) is 2.90. The smallest absolute Gasteiger partial charge is 0.329 e. The van der Waals surface area contributed by atoms with Crippen LogP contribution in [0.25, 0.3) is 11.0 Å². The van der Waals surface area contributed by atoms with Crippen molar-refractivity contribution in [2.24, 2.45) is 5.73 Å². The second-order valence-corrected chi connectivity index (χ2v) is 5.82. The summed E-state index contributed by atoms with van der Waals surface area (Å²) in [6.45, 7) is 0. The molecule has 96 valence electrons. The Balaban J connectivity index is 2.64. The molecule has 1 aromatic heterocycles. The third kappa shape index (κ3) is 2.70. The molecule has 2 aromatic rings. The van der Waals surface area contributed by atoms with E-state index in [4.69, 9.17) is 27.1 Å². The highest BCUT2D eigenvalue weighted by atomic mass is 35.5. The number of benzene rings is 1. The Morgan fingerprint density at radius 3 is 2.72 bits per heavy atom. The summed E-state index contributed by atoms with van der Waals surface area (Å²) < 4.78 is 11.0. The minimum absolute atomic E-state index is 0.0840. The van der Waals surface area contributed by atoms with E-state index in [1.165, 1.54) is 12.1 Å². The molecule has 0 aliphatic rings. The summed E-state index contributed by atoms with van der Waals surface area (Å²) >= 11 is 5.82. The van der Waals surface area contributed by atoms with E-state index < -0.39 is 19.7 Å². The highest BCUT2D eigenvalue weighted by Crippen LogP contribution is 2.41. The molecule has 0 unspecified atom stereocenters. The van der Waals surface area contributed by atoms with Gasteiger partial charge >= 0.3 is 7.60 Å². The lowest BCUT2D eigenvalue weighted by Crippen LogP contribution is -2.12. The van der Waals surface area contributed by atoms with Crippen LogP contribution in [-0.2, 0) is 10.7 Å². The van der Waals surface area contributed by atoms with Crippen LogP contribution in [0, 0.1) is 0 Å². The Morgan fingerprint density at radius 2 is 2.17 bits per heavy atom. The summed E-state index contributed by atoms with van der Waals surface area (Å²) in [5.74, 6) is -0.844. The zero-order chi connectivity index (χ0) is 13.5. The number of amides is 1. The molecule has 7 nitrogen and oxygen atoms in total. The van der Waals surface area contributed by atoms with E-state index in [2.05, 4.69) is 9.97 Å². The first-order chi connectivity index (χ1) is 8.26. The number of rotatable bonds is 3. The maximum absolute atomic E-state index is 11.0. The molecule has 0 aliphatic heterocycles. The number of imidazole rings is 1. The average molecular weight is 290 g/mol. The molecule has 0 saturated carbocycles. The first-order valence-corrected chi connectivity index (χ1v) is 6.96. The molecule has 18 heavy (non-hydrogen) atoms. The van der Waals surface area contributed by atoms with Crippen LogP contribution < -0.4 is 5.73 Å². The number of nitrogens with zero attached hydrogens (tertiary/aromatic N) is 1. The Morgan fingerprint density at radius 1 is 1.50 bits per heavy atom. The third-order valence-electron chi connectivity index (χ3n) is 2.24. The standard InChI is InChI=1S/C9H9ClN3O4P/c10-5-1-4(3-18(15,16)17)7-6(2-5)12-9(13-7)8(11)14/h1-2H,3H2,(H2,11,14)(H,12,13)(H2,15,16,17). The number of aromatic nitrogens is 2. The maximum atomic E-state index is 11.0. The number of H-pyrrole nitrogens is 1. The summed E-state index contributed by atoms with van der Waals surface area (Å²) in [5.41, 5.74) is 6.01. The number of halogens is 1. The highest BCUT2D eigenvalue weighted by Gasteiger charge is 2.19. The molecule has 0 atom stereocenters. The molecule has 2 rings (SSSR count). The number of primary amides is 1. The second kappa shape index (κ2) is 4.37. The molecule has 0 saturated heterocycles. The van der Waals surface area contributed by atoms with Gasteiger partial charge in [-0.3, -0.25) is 9.36 Å². The number of aromatic amines is 1. The van der Waals surface area contributed by atoms with E-state index in [0.717, 1.165) is 0 Å². The highest BCUT2D eigenvalue weighted by molar-refractivity contribution is 7.50. The molecule has 9 heteroatoms. The largest absolute Gasteiger partial charge is 0.363 e. The topological polar surface area (TPSA) is 129 Å². The van der Waals surface area contributed by atoms with Crippen molar-refractivity contribution < 1.29 is 19.1 Å². The number of nitrogens with one attached hydrogen (secondary N) is 1. The molecule has 0 fully saturated rings. The third-order valence-corrected chi connectivity index (χ3v) is 3.21. The van der Waals surface area contributed by atoms with Crippen LogP contribution in [0.3, 0.4) is 0 Å². The van der Waals surface area contributed by atoms with Gasteiger partial charge in [-0.2, -0.15) is 0 Å². The van der Waals surface area contributed by atoms with Crippen LogP contribution in [0.15, 0.2) is 12.1 Å². The fourth-order valence-corrected chi connectivity index (χ4v) is 2.54. The first kappa shape index (κ1) is 13.0. The Kier molecular flexibility index (Phi) is 3.16. The van der Waals surface area contributed by atoms with Crippen molar-refractivity contribution in [2.45, 2.75) is 6.16 Å². The predicted octanol–water partition coefficient (Wildman–Crippen LogP) is 0.993. The van der Waals surface area contributed by atoms with Crippen molar-refractivity contribution in [2.75, 3.05) is 0 Å². The number of carbonyl (C=O) groups excluding carboxylic acids is 1. The second-order valence-electron chi connectivity index (χ2n) is 3.73. The fraction of sp³-hybridized carbons (Fsp3) is 0.111. The Hall–Kier alpha value is -1.40. The Bertz CT molecular complexity index is 678. The molecule has 5 N–H and O–H groups in total. The normalized spacial score (nSPS) is 11.9. The Labute approximate surface area is 106 Å². The number of hydrogen-bond donors (Lipinski definition) is 4. The molecule has 0 aliphatic carbocycles. The lowest BCUT2D eigenvalue weighted by molar-refractivity contribution is 0.0991.